The predicted octanol–water partition coefficient (Wildman–Crippen LogP) is 3.96. The summed E-state index contributed by atoms with van der Waals surface area (Å²) in [7, 11) is 0. The summed E-state index contributed by atoms with van der Waals surface area (Å²) in [6.45, 7) is 2.82. The van der Waals surface area contributed by atoms with Gasteiger partial charge in [0.1, 0.15) is 0 Å². The normalized spacial score (nSPS) is 19.5. The number of anilines is 1. The lowest BCUT2D eigenvalue weighted by molar-refractivity contribution is -0.137. The summed E-state index contributed by atoms with van der Waals surface area (Å²) in [6, 6.07) is 5.89. The highest BCUT2D eigenvalue weighted by molar-refractivity contribution is 5.56. The quantitative estimate of drug-likeness (QED) is 0.811. The minimum Gasteiger partial charge on any atom is -0.369 e. The molecule has 0 radical (unpaired) electrons. The van der Waals surface area contributed by atoms with Crippen LogP contribution in [0.4, 0.5) is 18.9 Å². The van der Waals surface area contributed by atoms with E-state index in [9.17, 15) is 13.2 Å². The van der Waals surface area contributed by atoms with Gasteiger partial charge in [0.25, 0.3) is 0 Å². The van der Waals surface area contributed by atoms with Crippen molar-refractivity contribution in [1.82, 2.24) is 0 Å². The van der Waals surface area contributed by atoms with Crippen molar-refractivity contribution in [2.75, 3.05) is 11.4 Å². The lowest BCUT2D eigenvalue weighted by Crippen LogP contribution is -2.28. The molecule has 1 aliphatic heterocycles. The number of hydrogen-bond acceptors (Lipinski definition) is 2. The van der Waals surface area contributed by atoms with Crippen molar-refractivity contribution in [2.45, 2.75) is 38.4 Å². The molecule has 0 aliphatic carbocycles. The van der Waals surface area contributed by atoms with Crippen LogP contribution < -0.4 is 4.90 Å². The van der Waals surface area contributed by atoms with Gasteiger partial charge in [0.2, 0.25) is 0 Å². The largest absolute Gasteiger partial charge is 0.417 e. The molecule has 2 rings (SSSR count). The van der Waals surface area contributed by atoms with Gasteiger partial charge in [-0.05, 0) is 37.5 Å². The molecule has 1 aliphatic rings. The topological polar surface area (TPSA) is 27.0 Å². The molecule has 19 heavy (non-hydrogen) atoms. The second-order valence-electron chi connectivity index (χ2n) is 4.74. The van der Waals surface area contributed by atoms with E-state index >= 15 is 0 Å². The lowest BCUT2D eigenvalue weighted by atomic mass is 10.1. The SMILES string of the molecule is CCC1CCCN1c1ccc(C#N)c(C(F)(F)F)c1. The van der Waals surface area contributed by atoms with Crippen LogP contribution in [0.25, 0.3) is 0 Å². The zero-order valence-electron chi connectivity index (χ0n) is 10.7. The van der Waals surface area contributed by atoms with Crippen LogP contribution in [-0.4, -0.2) is 12.6 Å². The number of nitriles is 1. The van der Waals surface area contributed by atoms with Crippen LogP contribution in [0.5, 0.6) is 0 Å². The third kappa shape index (κ3) is 2.67. The van der Waals surface area contributed by atoms with Crippen molar-refractivity contribution in [1.29, 1.82) is 5.26 Å². The Hall–Kier alpha value is -1.70. The fourth-order valence-electron chi connectivity index (χ4n) is 2.64. The summed E-state index contributed by atoms with van der Waals surface area (Å²) >= 11 is 0. The van der Waals surface area contributed by atoms with Crippen molar-refractivity contribution >= 4 is 5.69 Å². The molecule has 0 bridgehead atoms. The maximum atomic E-state index is 12.9. The zero-order valence-corrected chi connectivity index (χ0v) is 10.7. The Labute approximate surface area is 110 Å². The Morgan fingerprint density at radius 1 is 1.42 bits per heavy atom. The molecule has 1 aromatic rings. The fourth-order valence-corrected chi connectivity index (χ4v) is 2.64. The van der Waals surface area contributed by atoms with E-state index in [4.69, 9.17) is 5.26 Å². The molecular weight excluding hydrogens is 253 g/mol. The second-order valence-corrected chi connectivity index (χ2v) is 4.74. The Morgan fingerprint density at radius 2 is 2.16 bits per heavy atom. The first-order valence-electron chi connectivity index (χ1n) is 6.35. The van der Waals surface area contributed by atoms with Crippen LogP contribution in [0.15, 0.2) is 18.2 Å². The molecule has 1 heterocycles. The van der Waals surface area contributed by atoms with Gasteiger partial charge in [-0.1, -0.05) is 6.92 Å². The van der Waals surface area contributed by atoms with Gasteiger partial charge in [0, 0.05) is 18.3 Å². The molecule has 0 N–H and O–H groups in total. The monoisotopic (exact) mass is 268 g/mol. The van der Waals surface area contributed by atoms with Crippen LogP contribution in [-0.2, 0) is 6.18 Å². The van der Waals surface area contributed by atoms with Gasteiger partial charge in [0.15, 0.2) is 0 Å². The first-order valence-corrected chi connectivity index (χ1v) is 6.35. The number of benzene rings is 1. The second kappa shape index (κ2) is 5.12. The van der Waals surface area contributed by atoms with Crippen molar-refractivity contribution in [3.63, 3.8) is 0 Å². The molecule has 0 amide bonds. The summed E-state index contributed by atoms with van der Waals surface area (Å²) in [5, 5.41) is 8.77. The van der Waals surface area contributed by atoms with Crippen LogP contribution in [0, 0.1) is 11.3 Å². The van der Waals surface area contributed by atoms with Gasteiger partial charge >= 0.3 is 6.18 Å². The number of rotatable bonds is 2. The Morgan fingerprint density at radius 3 is 2.74 bits per heavy atom. The average molecular weight is 268 g/mol. The highest BCUT2D eigenvalue weighted by atomic mass is 19.4. The maximum absolute atomic E-state index is 12.9. The van der Waals surface area contributed by atoms with Gasteiger partial charge in [-0.2, -0.15) is 18.4 Å². The minimum atomic E-state index is -4.48. The smallest absolute Gasteiger partial charge is 0.369 e. The molecule has 1 aromatic carbocycles. The van der Waals surface area contributed by atoms with Gasteiger partial charge < -0.3 is 4.90 Å². The average Bonchev–Trinajstić information content (AvgIpc) is 2.85. The maximum Gasteiger partial charge on any atom is 0.417 e. The third-order valence-electron chi connectivity index (χ3n) is 3.61. The van der Waals surface area contributed by atoms with E-state index in [0.717, 1.165) is 31.9 Å². The molecule has 1 unspecified atom stereocenters. The van der Waals surface area contributed by atoms with E-state index in [1.165, 1.54) is 6.07 Å². The van der Waals surface area contributed by atoms with Gasteiger partial charge in [-0.25, -0.2) is 0 Å². The van der Waals surface area contributed by atoms with E-state index < -0.39 is 11.7 Å². The molecule has 1 atom stereocenters. The van der Waals surface area contributed by atoms with Crippen LogP contribution >= 0.6 is 0 Å². The number of halogens is 3. The molecular formula is C14H15F3N2. The van der Waals surface area contributed by atoms with E-state index in [-0.39, 0.29) is 5.56 Å². The minimum absolute atomic E-state index is 0.300. The molecule has 0 saturated carbocycles. The summed E-state index contributed by atoms with van der Waals surface area (Å²) in [4.78, 5) is 2.01. The Kier molecular flexibility index (Phi) is 3.70. The molecule has 0 spiro atoms. The summed E-state index contributed by atoms with van der Waals surface area (Å²) < 4.78 is 38.7. The molecule has 5 heteroatoms. The van der Waals surface area contributed by atoms with Crippen molar-refractivity contribution in [3.05, 3.63) is 29.3 Å². The standard InChI is InChI=1S/C14H15F3N2/c1-2-11-4-3-7-19(11)12-6-5-10(9-18)13(8-12)14(15,16)17/h5-6,8,11H,2-4,7H2,1H3. The van der Waals surface area contributed by atoms with Crippen LogP contribution in [0.3, 0.4) is 0 Å². The highest BCUT2D eigenvalue weighted by Gasteiger charge is 2.35. The van der Waals surface area contributed by atoms with E-state index in [1.807, 2.05) is 11.8 Å². The first kappa shape index (κ1) is 13.7. The zero-order chi connectivity index (χ0) is 14.0. The van der Waals surface area contributed by atoms with Gasteiger partial charge in [-0.15, -0.1) is 0 Å². The number of hydrogen-bond donors (Lipinski definition) is 0. The Bertz CT molecular complexity index is 502. The molecule has 1 saturated heterocycles. The highest BCUT2D eigenvalue weighted by Crippen LogP contribution is 2.36. The summed E-state index contributed by atoms with van der Waals surface area (Å²) in [6.07, 6.45) is -1.55. The number of alkyl halides is 3. The van der Waals surface area contributed by atoms with Crippen molar-refractivity contribution < 1.29 is 13.2 Å². The first-order chi connectivity index (χ1) is 8.97. The van der Waals surface area contributed by atoms with E-state index in [2.05, 4.69) is 0 Å². The van der Waals surface area contributed by atoms with Crippen molar-refractivity contribution in [2.24, 2.45) is 0 Å². The number of nitrogens with zero attached hydrogens (tertiary/aromatic N) is 2. The van der Waals surface area contributed by atoms with Gasteiger partial charge in [-0.3, -0.25) is 0 Å². The van der Waals surface area contributed by atoms with Crippen molar-refractivity contribution in [3.8, 4) is 6.07 Å². The van der Waals surface area contributed by atoms with E-state index in [0.29, 0.717) is 11.7 Å². The predicted molar refractivity (Wildman–Crippen MR) is 66.8 cm³/mol. The summed E-state index contributed by atoms with van der Waals surface area (Å²) in [5.41, 5.74) is -0.589. The molecule has 102 valence electrons. The molecule has 1 fully saturated rings. The van der Waals surface area contributed by atoms with E-state index in [1.54, 1.807) is 12.1 Å². The lowest BCUT2D eigenvalue weighted by Gasteiger charge is -2.26. The fraction of sp³-hybridized carbons (Fsp3) is 0.500. The summed E-state index contributed by atoms with van der Waals surface area (Å²) in [5.74, 6) is 0. The van der Waals surface area contributed by atoms with Crippen LogP contribution in [0.2, 0.25) is 0 Å². The Balaban J connectivity index is 2.41. The molecule has 2 nitrogen and oxygen atoms in total. The third-order valence-corrected chi connectivity index (χ3v) is 3.61. The van der Waals surface area contributed by atoms with Crippen LogP contribution in [0.1, 0.15) is 37.3 Å². The molecule has 0 aromatic heterocycles. The van der Waals surface area contributed by atoms with Gasteiger partial charge in [0.05, 0.1) is 17.2 Å².